The van der Waals surface area contributed by atoms with Crippen LogP contribution in [0, 0.1) is 13.8 Å². The number of rotatable bonds is 4. The van der Waals surface area contributed by atoms with Gasteiger partial charge >= 0.3 is 237 Å². The van der Waals surface area contributed by atoms with Gasteiger partial charge in [0.15, 0.2) is 0 Å². The summed E-state index contributed by atoms with van der Waals surface area (Å²) in [5.74, 6) is 0. The molecule has 0 saturated carbocycles. The van der Waals surface area contributed by atoms with Crippen LogP contribution in [-0.4, -0.2) is 24.2 Å². The van der Waals surface area contributed by atoms with Crippen molar-refractivity contribution in [3.05, 3.63) is 79.9 Å². The topological polar surface area (TPSA) is 0 Å². The first-order valence-electron chi connectivity index (χ1n) is 14.0. The van der Waals surface area contributed by atoms with E-state index >= 15 is 0 Å². The zero-order chi connectivity index (χ0) is 26.5. The molecule has 38 heavy (non-hydrogen) atoms. The molecular formula is C32H46Cl2Si3Zr. The molecule has 5 rings (SSSR count). The summed E-state index contributed by atoms with van der Waals surface area (Å²) >= 11 is -0.804. The number of aryl methyl sites for hydroxylation is 2. The summed E-state index contributed by atoms with van der Waals surface area (Å²) in [7, 11) is -4.37. The number of fused-ring (bicyclic) bond motifs is 8. The van der Waals surface area contributed by atoms with Gasteiger partial charge in [-0.2, -0.15) is 0 Å². The maximum atomic E-state index is 2.72. The predicted octanol–water partition coefficient (Wildman–Crippen LogP) is 3.39. The van der Waals surface area contributed by atoms with Crippen LogP contribution in [0.25, 0.3) is 10.4 Å². The van der Waals surface area contributed by atoms with E-state index in [1.165, 1.54) is 12.1 Å². The second-order valence-electron chi connectivity index (χ2n) is 14.9. The van der Waals surface area contributed by atoms with Crippen molar-refractivity contribution >= 4 is 34.6 Å². The number of hydrogen-bond acceptors (Lipinski definition) is 0. The Balaban J connectivity index is 0.00000200. The third-order valence-corrected chi connectivity index (χ3v) is 20.7. The van der Waals surface area contributed by atoms with Gasteiger partial charge in [0.2, 0.25) is 0 Å². The predicted molar refractivity (Wildman–Crippen MR) is 165 cm³/mol. The minimum absolute atomic E-state index is 0. The van der Waals surface area contributed by atoms with Crippen LogP contribution in [0.1, 0.15) is 65.6 Å². The van der Waals surface area contributed by atoms with Crippen molar-refractivity contribution < 1.29 is 48.0 Å². The van der Waals surface area contributed by atoms with Gasteiger partial charge in [-0.05, 0) is 0 Å². The Morgan fingerprint density at radius 1 is 0.632 bits per heavy atom. The van der Waals surface area contributed by atoms with Crippen LogP contribution >= 0.6 is 0 Å². The number of halogens is 2. The van der Waals surface area contributed by atoms with E-state index in [9.17, 15) is 0 Å². The maximum Gasteiger partial charge on any atom is -1.00 e. The molecule has 2 unspecified atom stereocenters. The van der Waals surface area contributed by atoms with Crippen LogP contribution in [0.3, 0.4) is 0 Å². The van der Waals surface area contributed by atoms with Crippen LogP contribution in [0.15, 0.2) is 35.4 Å². The van der Waals surface area contributed by atoms with Gasteiger partial charge in [0.1, 0.15) is 0 Å². The zero-order valence-corrected chi connectivity index (χ0v) is 32.6. The quantitative estimate of drug-likeness (QED) is 0.436. The Morgan fingerprint density at radius 2 is 0.974 bits per heavy atom. The minimum Gasteiger partial charge on any atom is -1.00 e. The number of hydrogen-bond donors (Lipinski definition) is 0. The van der Waals surface area contributed by atoms with Crippen LogP contribution in [-0.2, 0) is 35.3 Å². The third-order valence-electron chi connectivity index (χ3n) is 8.86. The molecule has 0 radical (unpaired) electrons. The Bertz CT molecular complexity index is 1250. The van der Waals surface area contributed by atoms with E-state index in [4.69, 9.17) is 0 Å². The summed E-state index contributed by atoms with van der Waals surface area (Å²) in [4.78, 5) is 0. The van der Waals surface area contributed by atoms with Crippen molar-refractivity contribution in [2.75, 3.05) is 0 Å². The molecule has 0 spiro atoms. The Hall–Kier alpha value is 0.0338. The average Bonchev–Trinajstić information content (AvgIpc) is 3.20. The SMILES string of the molecule is CC1=C2c3c(C[Si](C)(C)C)ccc(C)c3[CH]1[Zr+2][CH]1C(C)=C(c3c(C[Si](C)(C)C)ccc(C)c31)[Si]2(C)C.[Cl-].[Cl-]. The molecule has 1 heterocycles. The van der Waals surface area contributed by atoms with E-state index in [0.29, 0.717) is 0 Å². The molecule has 2 atom stereocenters. The Kier molecular flexibility index (Phi) is 9.17. The maximum absolute atomic E-state index is 2.72. The molecule has 1 aliphatic heterocycles. The molecule has 6 heteroatoms. The van der Waals surface area contributed by atoms with Gasteiger partial charge in [-0.3, -0.25) is 0 Å². The smallest absolute Gasteiger partial charge is 1.00 e. The molecule has 0 nitrogen and oxygen atoms in total. The fourth-order valence-electron chi connectivity index (χ4n) is 7.74. The van der Waals surface area contributed by atoms with E-state index in [-0.39, 0.29) is 24.8 Å². The van der Waals surface area contributed by atoms with Crippen molar-refractivity contribution in [1.82, 2.24) is 0 Å². The molecule has 2 aromatic rings. The van der Waals surface area contributed by atoms with Crippen molar-refractivity contribution in [3.63, 3.8) is 0 Å². The van der Waals surface area contributed by atoms with Gasteiger partial charge in [-0.15, -0.1) is 0 Å². The minimum atomic E-state index is -1.92. The molecule has 0 amide bonds. The molecular weight excluding hydrogens is 631 g/mol. The largest absolute Gasteiger partial charge is 1.00 e. The Labute approximate surface area is 260 Å². The van der Waals surface area contributed by atoms with Crippen molar-refractivity contribution in [3.8, 4) is 0 Å². The summed E-state index contributed by atoms with van der Waals surface area (Å²) in [5, 5.41) is 3.70. The van der Waals surface area contributed by atoms with Crippen LogP contribution in [0.4, 0.5) is 0 Å². The average molecular weight is 677 g/mol. The Morgan fingerprint density at radius 3 is 1.29 bits per heavy atom. The second-order valence-corrected chi connectivity index (χ2v) is 33.8. The molecule has 3 aliphatic rings. The fourth-order valence-corrected chi connectivity index (χ4v) is 21.1. The second kappa shape index (κ2) is 10.7. The van der Waals surface area contributed by atoms with E-state index < -0.39 is 47.5 Å². The molecule has 0 N–H and O–H groups in total. The summed E-state index contributed by atoms with van der Waals surface area (Å²) in [6.45, 7) is 30.7. The first kappa shape index (κ1) is 32.5. The van der Waals surface area contributed by atoms with E-state index in [2.05, 4.69) is 104 Å². The van der Waals surface area contributed by atoms with Gasteiger partial charge in [0.05, 0.1) is 0 Å². The van der Waals surface area contributed by atoms with Crippen LogP contribution in [0.2, 0.25) is 52.4 Å². The van der Waals surface area contributed by atoms with E-state index in [0.717, 1.165) is 7.25 Å². The monoisotopic (exact) mass is 674 g/mol. The van der Waals surface area contributed by atoms with Crippen molar-refractivity contribution in [2.45, 2.75) is 99.4 Å². The molecule has 0 fully saturated rings. The van der Waals surface area contributed by atoms with Crippen LogP contribution in [0.5, 0.6) is 0 Å². The van der Waals surface area contributed by atoms with E-state index in [1.807, 2.05) is 10.4 Å². The summed E-state index contributed by atoms with van der Waals surface area (Å²) in [6, 6.07) is 12.7. The standard InChI is InChI=1S/C32H46Si3.2ClH.Zr/c1-21-13-15-25(19-33(5,6)7)29-27(21)17-23(3)31(29)35(11,12)32-24(4)18-28-22(2)14-16-26(30(28)32)20-34(8,9)10;;;/h13-18H,19-20H2,1-12H3;2*1H;/q;;;+2/p-2. The number of allylic oxidation sites excluding steroid dienone is 2. The van der Waals surface area contributed by atoms with Gasteiger partial charge in [-0.25, -0.2) is 0 Å². The van der Waals surface area contributed by atoms with E-state index in [1.54, 1.807) is 55.7 Å². The van der Waals surface area contributed by atoms with Crippen molar-refractivity contribution in [2.24, 2.45) is 0 Å². The van der Waals surface area contributed by atoms with Gasteiger partial charge in [-0.1, -0.05) is 0 Å². The molecule has 2 aromatic carbocycles. The number of benzene rings is 2. The first-order valence-corrected chi connectivity index (χ1v) is 27.2. The normalized spacial score (nSPS) is 20.9. The van der Waals surface area contributed by atoms with Crippen LogP contribution < -0.4 is 24.8 Å². The molecule has 0 aromatic heterocycles. The molecule has 0 saturated heterocycles. The third kappa shape index (κ3) is 5.22. The van der Waals surface area contributed by atoms with Crippen molar-refractivity contribution in [1.29, 1.82) is 0 Å². The van der Waals surface area contributed by atoms with Gasteiger partial charge in [0, 0.05) is 0 Å². The summed E-state index contributed by atoms with van der Waals surface area (Å²) < 4.78 is 1.50. The molecule has 4 bridgehead atoms. The summed E-state index contributed by atoms with van der Waals surface area (Å²) in [5.41, 5.74) is 17.2. The zero-order valence-electron chi connectivity index (χ0n) is 25.6. The van der Waals surface area contributed by atoms with Gasteiger partial charge < -0.3 is 24.8 Å². The molecule has 2 aliphatic carbocycles. The summed E-state index contributed by atoms with van der Waals surface area (Å²) in [6.07, 6.45) is 0. The molecule has 204 valence electrons. The first-order chi connectivity index (χ1) is 16.5. The van der Waals surface area contributed by atoms with Gasteiger partial charge in [0.25, 0.3) is 0 Å². The fraction of sp³-hybridized carbons (Fsp3) is 0.500.